The summed E-state index contributed by atoms with van der Waals surface area (Å²) >= 11 is 3.34. The Hall–Kier alpha value is -1.26. The molecule has 2 aromatic rings. The van der Waals surface area contributed by atoms with E-state index in [9.17, 15) is 4.79 Å². The van der Waals surface area contributed by atoms with Gasteiger partial charge in [-0.3, -0.25) is 4.79 Å². The molecule has 1 unspecified atom stereocenters. The van der Waals surface area contributed by atoms with E-state index in [4.69, 9.17) is 0 Å². The second-order valence-corrected chi connectivity index (χ2v) is 6.25. The Balaban J connectivity index is 2.00. The number of carbonyl (C=O) groups excluding carboxylic acids is 1. The van der Waals surface area contributed by atoms with Gasteiger partial charge >= 0.3 is 0 Å². The van der Waals surface area contributed by atoms with E-state index in [0.29, 0.717) is 0 Å². The zero-order valence-electron chi connectivity index (χ0n) is 11.1. The van der Waals surface area contributed by atoms with E-state index in [1.54, 1.807) is 23.1 Å². The fourth-order valence-electron chi connectivity index (χ4n) is 1.83. The molecule has 0 aliphatic rings. The SMILES string of the molecule is CSc1ccccc1NC(=O)C(C)Cc1cccs1. The molecule has 0 saturated carbocycles. The maximum Gasteiger partial charge on any atom is 0.227 e. The molecule has 0 spiro atoms. The molecule has 2 nitrogen and oxygen atoms in total. The van der Waals surface area contributed by atoms with E-state index in [2.05, 4.69) is 11.4 Å². The van der Waals surface area contributed by atoms with Crippen LogP contribution in [0, 0.1) is 5.92 Å². The van der Waals surface area contributed by atoms with Gasteiger partial charge in [0.2, 0.25) is 5.91 Å². The van der Waals surface area contributed by atoms with Crippen LogP contribution < -0.4 is 5.32 Å². The fourth-order valence-corrected chi connectivity index (χ4v) is 3.22. The molecule has 1 atom stereocenters. The number of benzene rings is 1. The first-order valence-electron chi connectivity index (χ1n) is 6.17. The lowest BCUT2D eigenvalue weighted by Gasteiger charge is -2.13. The van der Waals surface area contributed by atoms with Gasteiger partial charge in [-0.1, -0.05) is 25.1 Å². The van der Waals surface area contributed by atoms with Crippen molar-refractivity contribution in [1.82, 2.24) is 0 Å². The summed E-state index contributed by atoms with van der Waals surface area (Å²) in [7, 11) is 0. The van der Waals surface area contributed by atoms with Crippen LogP contribution in [-0.2, 0) is 11.2 Å². The molecule has 100 valence electrons. The zero-order valence-corrected chi connectivity index (χ0v) is 12.7. The quantitative estimate of drug-likeness (QED) is 0.833. The first-order valence-corrected chi connectivity index (χ1v) is 8.27. The van der Waals surface area contributed by atoms with Gasteiger partial charge in [-0.15, -0.1) is 23.1 Å². The minimum Gasteiger partial charge on any atom is -0.325 e. The topological polar surface area (TPSA) is 29.1 Å². The van der Waals surface area contributed by atoms with Crippen LogP contribution in [0.25, 0.3) is 0 Å². The first kappa shape index (κ1) is 14.2. The number of thiophene rings is 1. The van der Waals surface area contributed by atoms with Crippen LogP contribution >= 0.6 is 23.1 Å². The zero-order chi connectivity index (χ0) is 13.7. The number of para-hydroxylation sites is 1. The van der Waals surface area contributed by atoms with Crippen LogP contribution in [0.2, 0.25) is 0 Å². The van der Waals surface area contributed by atoms with Crippen LogP contribution in [0.15, 0.2) is 46.7 Å². The average molecular weight is 291 g/mol. The molecule has 0 radical (unpaired) electrons. The third-order valence-electron chi connectivity index (χ3n) is 2.90. The maximum absolute atomic E-state index is 12.2. The van der Waals surface area contributed by atoms with Crippen molar-refractivity contribution in [3.8, 4) is 0 Å². The largest absolute Gasteiger partial charge is 0.325 e. The second kappa shape index (κ2) is 6.78. The molecule has 1 N–H and O–H groups in total. The monoisotopic (exact) mass is 291 g/mol. The number of hydrogen-bond donors (Lipinski definition) is 1. The van der Waals surface area contributed by atoms with Gasteiger partial charge in [0, 0.05) is 15.7 Å². The molecule has 2 rings (SSSR count). The van der Waals surface area contributed by atoms with Crippen LogP contribution in [0.4, 0.5) is 5.69 Å². The van der Waals surface area contributed by atoms with Crippen molar-refractivity contribution in [2.75, 3.05) is 11.6 Å². The summed E-state index contributed by atoms with van der Waals surface area (Å²) in [5.74, 6) is 0.0588. The Morgan fingerprint density at radius 3 is 2.79 bits per heavy atom. The molecule has 0 bridgehead atoms. The Morgan fingerprint density at radius 1 is 1.32 bits per heavy atom. The number of amides is 1. The van der Waals surface area contributed by atoms with Crippen molar-refractivity contribution in [1.29, 1.82) is 0 Å². The summed E-state index contributed by atoms with van der Waals surface area (Å²) in [4.78, 5) is 14.5. The lowest BCUT2D eigenvalue weighted by Crippen LogP contribution is -2.22. The smallest absolute Gasteiger partial charge is 0.227 e. The highest BCUT2D eigenvalue weighted by atomic mass is 32.2. The highest BCUT2D eigenvalue weighted by Crippen LogP contribution is 2.25. The molecule has 0 saturated heterocycles. The van der Waals surface area contributed by atoms with Crippen molar-refractivity contribution in [3.63, 3.8) is 0 Å². The number of anilines is 1. The van der Waals surface area contributed by atoms with Gasteiger partial charge in [0.05, 0.1) is 5.69 Å². The average Bonchev–Trinajstić information content (AvgIpc) is 2.92. The Morgan fingerprint density at radius 2 is 2.11 bits per heavy atom. The van der Waals surface area contributed by atoms with Gasteiger partial charge in [0.1, 0.15) is 0 Å². The van der Waals surface area contributed by atoms with E-state index >= 15 is 0 Å². The van der Waals surface area contributed by atoms with Crippen LogP contribution in [0.3, 0.4) is 0 Å². The highest BCUT2D eigenvalue weighted by Gasteiger charge is 2.15. The Kier molecular flexibility index (Phi) is 5.05. The van der Waals surface area contributed by atoms with E-state index in [1.165, 1.54) is 4.88 Å². The third kappa shape index (κ3) is 3.85. The molecular weight excluding hydrogens is 274 g/mol. The lowest BCUT2D eigenvalue weighted by molar-refractivity contribution is -0.119. The predicted octanol–water partition coefficient (Wildman–Crippen LogP) is 4.29. The van der Waals surface area contributed by atoms with Crippen LogP contribution in [0.1, 0.15) is 11.8 Å². The molecule has 19 heavy (non-hydrogen) atoms. The molecule has 1 amide bonds. The van der Waals surface area contributed by atoms with Gasteiger partial charge in [0.25, 0.3) is 0 Å². The first-order chi connectivity index (χ1) is 9.20. The number of hydrogen-bond acceptors (Lipinski definition) is 3. The number of carbonyl (C=O) groups is 1. The maximum atomic E-state index is 12.2. The van der Waals surface area contributed by atoms with Gasteiger partial charge in [-0.05, 0) is 36.3 Å². The van der Waals surface area contributed by atoms with E-state index < -0.39 is 0 Å². The standard InChI is InChI=1S/C15H17NOS2/c1-11(10-12-6-5-9-19-12)15(17)16-13-7-3-4-8-14(13)18-2/h3-9,11H,10H2,1-2H3,(H,16,17). The summed E-state index contributed by atoms with van der Waals surface area (Å²) in [5.41, 5.74) is 0.901. The van der Waals surface area contributed by atoms with E-state index in [0.717, 1.165) is 17.0 Å². The molecule has 1 heterocycles. The van der Waals surface area contributed by atoms with Crippen molar-refractivity contribution in [2.45, 2.75) is 18.2 Å². The fraction of sp³-hybridized carbons (Fsp3) is 0.267. The highest BCUT2D eigenvalue weighted by molar-refractivity contribution is 7.98. The van der Waals surface area contributed by atoms with Crippen LogP contribution in [-0.4, -0.2) is 12.2 Å². The molecule has 0 aliphatic carbocycles. The minimum absolute atomic E-state index is 0.0198. The van der Waals surface area contributed by atoms with Crippen molar-refractivity contribution < 1.29 is 4.79 Å². The minimum atomic E-state index is -0.0198. The van der Waals surface area contributed by atoms with Gasteiger partial charge < -0.3 is 5.32 Å². The van der Waals surface area contributed by atoms with Gasteiger partial charge in [0.15, 0.2) is 0 Å². The summed E-state index contributed by atoms with van der Waals surface area (Å²) in [5, 5.41) is 5.06. The van der Waals surface area contributed by atoms with Gasteiger partial charge in [-0.2, -0.15) is 0 Å². The molecule has 1 aromatic heterocycles. The number of thioether (sulfide) groups is 1. The predicted molar refractivity (Wildman–Crippen MR) is 84.0 cm³/mol. The summed E-state index contributed by atoms with van der Waals surface area (Å²) in [6.07, 6.45) is 2.81. The van der Waals surface area contributed by atoms with Crippen LogP contribution in [0.5, 0.6) is 0 Å². The molecule has 0 fully saturated rings. The second-order valence-electron chi connectivity index (χ2n) is 4.37. The molecular formula is C15H17NOS2. The van der Waals surface area contributed by atoms with E-state index in [1.807, 2.05) is 48.9 Å². The molecule has 0 aliphatic heterocycles. The van der Waals surface area contributed by atoms with E-state index in [-0.39, 0.29) is 11.8 Å². The molecule has 4 heteroatoms. The normalized spacial score (nSPS) is 12.1. The molecule has 1 aromatic carbocycles. The lowest BCUT2D eigenvalue weighted by atomic mass is 10.1. The number of rotatable bonds is 5. The Labute approximate surface area is 122 Å². The van der Waals surface area contributed by atoms with Gasteiger partial charge in [-0.25, -0.2) is 0 Å². The third-order valence-corrected chi connectivity index (χ3v) is 4.59. The summed E-state index contributed by atoms with van der Waals surface area (Å²) in [6.45, 7) is 1.97. The van der Waals surface area contributed by atoms with Crippen molar-refractivity contribution in [3.05, 3.63) is 46.7 Å². The Bertz CT molecular complexity index is 537. The van der Waals surface area contributed by atoms with Crippen molar-refractivity contribution >= 4 is 34.7 Å². The summed E-state index contributed by atoms with van der Waals surface area (Å²) in [6, 6.07) is 12.0. The summed E-state index contributed by atoms with van der Waals surface area (Å²) < 4.78 is 0. The number of nitrogens with one attached hydrogen (secondary N) is 1. The van der Waals surface area contributed by atoms with Crippen molar-refractivity contribution in [2.24, 2.45) is 5.92 Å².